The number of aromatic nitrogens is 1. The maximum Gasteiger partial charge on any atom is 0.387 e. The number of hydrogen-bond donors (Lipinski definition) is 1. The monoisotopic (exact) mass is 373 g/mol. The lowest BCUT2D eigenvalue weighted by Gasteiger charge is -2.27. The van der Waals surface area contributed by atoms with Crippen LogP contribution in [0.2, 0.25) is 0 Å². The Hall–Kier alpha value is -1.87. The highest BCUT2D eigenvalue weighted by Gasteiger charge is 2.34. The van der Waals surface area contributed by atoms with Gasteiger partial charge in [-0.25, -0.2) is 0 Å². The van der Waals surface area contributed by atoms with E-state index >= 15 is 0 Å². The van der Waals surface area contributed by atoms with Gasteiger partial charge in [-0.15, -0.1) is 11.8 Å². The van der Waals surface area contributed by atoms with Gasteiger partial charge in [0.2, 0.25) is 0 Å². The Bertz CT molecular complexity index is 805. The largest absolute Gasteiger partial charge is 0.493 e. The van der Waals surface area contributed by atoms with Crippen molar-refractivity contribution >= 4 is 29.4 Å². The van der Waals surface area contributed by atoms with Crippen molar-refractivity contribution in [2.24, 2.45) is 5.92 Å². The summed E-state index contributed by atoms with van der Waals surface area (Å²) in [7, 11) is 1.35. The fourth-order valence-electron chi connectivity index (χ4n) is 2.70. The van der Waals surface area contributed by atoms with Gasteiger partial charge in [-0.2, -0.15) is 8.78 Å². The molecule has 1 aliphatic heterocycles. The Kier molecular flexibility index (Phi) is 4.91. The molecular weight excluding hydrogens is 360 g/mol. The number of thioether (sulfide) groups is 1. The summed E-state index contributed by atoms with van der Waals surface area (Å²) in [6.07, 6.45) is 0.862. The summed E-state index contributed by atoms with van der Waals surface area (Å²) in [5.41, 5.74) is 0.711. The van der Waals surface area contributed by atoms with E-state index in [-0.39, 0.29) is 28.2 Å². The second-order valence-corrected chi connectivity index (χ2v) is 7.13. The van der Waals surface area contributed by atoms with Crippen molar-refractivity contribution in [1.29, 1.82) is 0 Å². The molecule has 128 valence electrons. The van der Waals surface area contributed by atoms with Crippen LogP contribution in [0.4, 0.5) is 8.78 Å². The number of ether oxygens (including phenoxy) is 2. The third kappa shape index (κ3) is 3.18. The number of benzene rings is 1. The molecule has 0 saturated heterocycles. The lowest BCUT2D eigenvalue weighted by atomic mass is 9.86. The van der Waals surface area contributed by atoms with E-state index in [2.05, 4.69) is 9.72 Å². The summed E-state index contributed by atoms with van der Waals surface area (Å²) in [4.78, 5) is 26.5. The van der Waals surface area contributed by atoms with E-state index < -0.39 is 6.61 Å². The second kappa shape index (κ2) is 6.94. The summed E-state index contributed by atoms with van der Waals surface area (Å²) in [6.45, 7) is -2.96. The molecule has 0 radical (unpaired) electrons. The van der Waals surface area contributed by atoms with Gasteiger partial charge < -0.3 is 19.3 Å². The third-order valence-electron chi connectivity index (χ3n) is 3.71. The van der Waals surface area contributed by atoms with Crippen LogP contribution in [0.25, 0.3) is 0 Å². The van der Waals surface area contributed by atoms with Crippen LogP contribution in [-0.2, 0) is 4.79 Å². The van der Waals surface area contributed by atoms with Crippen LogP contribution in [0.3, 0.4) is 0 Å². The highest BCUT2D eigenvalue weighted by Crippen LogP contribution is 2.45. The number of alkyl halides is 2. The molecule has 0 fully saturated rings. The van der Waals surface area contributed by atoms with E-state index in [9.17, 15) is 18.4 Å². The van der Waals surface area contributed by atoms with Gasteiger partial charge >= 0.3 is 11.5 Å². The number of methoxy groups -OCH3 is 1. The van der Waals surface area contributed by atoms with E-state index in [0.29, 0.717) is 11.3 Å². The minimum Gasteiger partial charge on any atom is -0.493 e. The smallest absolute Gasteiger partial charge is 0.387 e. The van der Waals surface area contributed by atoms with Crippen LogP contribution in [-0.4, -0.2) is 30.7 Å². The first kappa shape index (κ1) is 17.0. The average molecular weight is 373 g/mol. The second-order valence-electron chi connectivity index (χ2n) is 5.09. The number of hydrogen-bond acceptors (Lipinski definition) is 6. The molecule has 9 heteroatoms. The first-order chi connectivity index (χ1) is 11.5. The molecule has 0 bridgehead atoms. The predicted octanol–water partition coefficient (Wildman–Crippen LogP) is 3.10. The Morgan fingerprint density at radius 1 is 1.38 bits per heavy atom. The van der Waals surface area contributed by atoms with Crippen LogP contribution in [0.5, 0.6) is 11.5 Å². The molecule has 3 rings (SSSR count). The van der Waals surface area contributed by atoms with Crippen molar-refractivity contribution in [2.45, 2.75) is 17.6 Å². The summed E-state index contributed by atoms with van der Waals surface area (Å²) in [5, 5.41) is 0.750. The summed E-state index contributed by atoms with van der Waals surface area (Å²) >= 11 is 2.49. The summed E-state index contributed by atoms with van der Waals surface area (Å²) in [6, 6.07) is 4.58. The Balaban J connectivity index is 2.06. The quantitative estimate of drug-likeness (QED) is 0.816. The topological polar surface area (TPSA) is 68.4 Å². The molecule has 24 heavy (non-hydrogen) atoms. The van der Waals surface area contributed by atoms with Gasteiger partial charge in [-0.3, -0.25) is 4.79 Å². The van der Waals surface area contributed by atoms with Gasteiger partial charge in [0.05, 0.1) is 12.1 Å². The van der Waals surface area contributed by atoms with Gasteiger partial charge in [0.1, 0.15) is 6.29 Å². The first-order valence-corrected chi connectivity index (χ1v) is 8.77. The fourth-order valence-corrected chi connectivity index (χ4v) is 5.06. The number of carbonyl (C=O) groups is 1. The van der Waals surface area contributed by atoms with Crippen LogP contribution >= 0.6 is 23.1 Å². The standard InChI is InChI=1S/C15H13F2NO4S2/c1-21-10-4-7(2-3-9(10)22-14(16)17)11-8(5-19)6-23-13-12(11)24-15(20)18-13/h2-5,8,11,14H,6H2,1H3,(H,18,20)/t8-,11-/m0/s1. The van der Waals surface area contributed by atoms with Crippen molar-refractivity contribution in [3.63, 3.8) is 0 Å². The highest BCUT2D eigenvalue weighted by atomic mass is 32.2. The highest BCUT2D eigenvalue weighted by molar-refractivity contribution is 7.99. The normalized spacial score (nSPS) is 19.8. The molecule has 2 atom stereocenters. The zero-order valence-corrected chi connectivity index (χ0v) is 14.1. The first-order valence-electron chi connectivity index (χ1n) is 6.97. The molecular formula is C15H13F2NO4S2. The molecule has 0 spiro atoms. The zero-order valence-electron chi connectivity index (χ0n) is 12.5. The average Bonchev–Trinajstić information content (AvgIpc) is 2.94. The summed E-state index contributed by atoms with van der Waals surface area (Å²) in [5.74, 6) is -0.0322. The number of carbonyl (C=O) groups excluding carboxylic acids is 1. The van der Waals surface area contributed by atoms with Crippen molar-refractivity contribution in [1.82, 2.24) is 4.98 Å². The number of rotatable bonds is 5. The molecule has 0 amide bonds. The SMILES string of the molecule is COc1cc([C@@H]2c3sc(=O)[nH]c3SC[C@@H]2C=O)ccc1OC(F)F. The van der Waals surface area contributed by atoms with Gasteiger partial charge in [-0.05, 0) is 17.7 Å². The molecule has 1 aliphatic rings. The van der Waals surface area contributed by atoms with E-state index in [1.807, 2.05) is 0 Å². The van der Waals surface area contributed by atoms with Crippen molar-refractivity contribution in [3.8, 4) is 11.5 Å². The minimum atomic E-state index is -2.96. The Labute approximate surface area is 144 Å². The molecule has 1 aromatic heterocycles. The third-order valence-corrected chi connectivity index (χ3v) is 5.97. The number of aldehydes is 1. The predicted molar refractivity (Wildman–Crippen MR) is 86.7 cm³/mol. The van der Waals surface area contributed by atoms with Crippen LogP contribution in [0, 0.1) is 5.92 Å². The molecule has 5 nitrogen and oxygen atoms in total. The van der Waals surface area contributed by atoms with Gasteiger partial charge in [0.15, 0.2) is 11.5 Å². The van der Waals surface area contributed by atoms with Gasteiger partial charge in [-0.1, -0.05) is 17.4 Å². The molecule has 1 aromatic carbocycles. The van der Waals surface area contributed by atoms with E-state index in [1.165, 1.54) is 24.9 Å². The zero-order chi connectivity index (χ0) is 17.3. The van der Waals surface area contributed by atoms with Gasteiger partial charge in [0, 0.05) is 22.5 Å². The Morgan fingerprint density at radius 3 is 2.83 bits per heavy atom. The van der Waals surface area contributed by atoms with Crippen LogP contribution in [0.15, 0.2) is 28.0 Å². The number of aromatic amines is 1. The fraction of sp³-hybridized carbons (Fsp3) is 0.333. The van der Waals surface area contributed by atoms with Crippen molar-refractivity contribution in [2.75, 3.05) is 12.9 Å². The van der Waals surface area contributed by atoms with Crippen LogP contribution in [0.1, 0.15) is 16.4 Å². The molecule has 0 unspecified atom stereocenters. The van der Waals surface area contributed by atoms with Crippen LogP contribution < -0.4 is 14.3 Å². The Morgan fingerprint density at radius 2 is 2.17 bits per heavy atom. The van der Waals surface area contributed by atoms with E-state index in [1.54, 1.807) is 12.1 Å². The lowest BCUT2D eigenvalue weighted by Crippen LogP contribution is -2.21. The lowest BCUT2D eigenvalue weighted by molar-refractivity contribution is -0.110. The molecule has 0 aliphatic carbocycles. The number of fused-ring (bicyclic) bond motifs is 1. The number of halogens is 2. The van der Waals surface area contributed by atoms with Crippen molar-refractivity contribution in [3.05, 3.63) is 38.3 Å². The van der Waals surface area contributed by atoms with E-state index in [4.69, 9.17) is 4.74 Å². The number of H-pyrrole nitrogens is 1. The maximum atomic E-state index is 12.4. The summed E-state index contributed by atoms with van der Waals surface area (Å²) < 4.78 is 34.4. The number of nitrogens with one attached hydrogen (secondary N) is 1. The van der Waals surface area contributed by atoms with Gasteiger partial charge in [0.25, 0.3) is 0 Å². The minimum absolute atomic E-state index is 0.0773. The number of thiazole rings is 1. The van der Waals surface area contributed by atoms with Crippen molar-refractivity contribution < 1.29 is 23.0 Å². The molecule has 0 saturated carbocycles. The molecule has 2 heterocycles. The maximum absolute atomic E-state index is 12.4. The van der Waals surface area contributed by atoms with E-state index in [0.717, 1.165) is 27.5 Å². The molecule has 2 aromatic rings. The molecule has 1 N–H and O–H groups in total.